The lowest BCUT2D eigenvalue weighted by molar-refractivity contribution is 0.414. The van der Waals surface area contributed by atoms with Gasteiger partial charge >= 0.3 is 0 Å². The van der Waals surface area contributed by atoms with Crippen molar-refractivity contribution >= 4 is 5.69 Å². The van der Waals surface area contributed by atoms with E-state index in [9.17, 15) is 5.26 Å². The molecule has 1 aliphatic rings. The zero-order valence-electron chi connectivity index (χ0n) is 10.4. The van der Waals surface area contributed by atoms with E-state index in [2.05, 4.69) is 18.3 Å². The molecule has 2 rings (SSSR count). The van der Waals surface area contributed by atoms with Crippen molar-refractivity contribution in [3.05, 3.63) is 24.3 Å². The number of methoxy groups -OCH3 is 1. The average molecular weight is 230 g/mol. The van der Waals surface area contributed by atoms with Crippen molar-refractivity contribution in [2.45, 2.75) is 31.7 Å². The predicted molar refractivity (Wildman–Crippen MR) is 68.0 cm³/mol. The summed E-state index contributed by atoms with van der Waals surface area (Å²) in [4.78, 5) is 0. The van der Waals surface area contributed by atoms with Gasteiger partial charge < -0.3 is 10.1 Å². The first kappa shape index (κ1) is 11.8. The number of nitrogens with one attached hydrogen (secondary N) is 1. The van der Waals surface area contributed by atoms with Crippen LogP contribution in [0.2, 0.25) is 0 Å². The summed E-state index contributed by atoms with van der Waals surface area (Å²) in [7, 11) is 1.65. The van der Waals surface area contributed by atoms with E-state index in [-0.39, 0.29) is 0 Å². The highest BCUT2D eigenvalue weighted by atomic mass is 16.5. The summed E-state index contributed by atoms with van der Waals surface area (Å²) in [5, 5.41) is 12.8. The second-order valence-corrected chi connectivity index (χ2v) is 4.56. The number of nitriles is 1. The summed E-state index contributed by atoms with van der Waals surface area (Å²) in [6.45, 7) is 2.07. The minimum atomic E-state index is -0.394. The van der Waals surface area contributed by atoms with E-state index in [1.165, 1.54) is 0 Å². The van der Waals surface area contributed by atoms with Crippen LogP contribution in [0.25, 0.3) is 0 Å². The monoisotopic (exact) mass is 230 g/mol. The van der Waals surface area contributed by atoms with E-state index in [1.54, 1.807) is 7.11 Å². The molecule has 0 amide bonds. The van der Waals surface area contributed by atoms with E-state index in [0.717, 1.165) is 30.7 Å². The topological polar surface area (TPSA) is 45.0 Å². The molecule has 0 bridgehead atoms. The highest BCUT2D eigenvalue weighted by Gasteiger charge is 2.44. The third-order valence-electron chi connectivity index (χ3n) is 3.49. The number of benzene rings is 1. The zero-order chi connectivity index (χ0) is 12.3. The van der Waals surface area contributed by atoms with Crippen molar-refractivity contribution in [3.63, 3.8) is 0 Å². The number of hydrogen-bond acceptors (Lipinski definition) is 3. The molecule has 3 nitrogen and oxygen atoms in total. The van der Waals surface area contributed by atoms with E-state index in [4.69, 9.17) is 4.74 Å². The van der Waals surface area contributed by atoms with Crippen LogP contribution in [0.5, 0.6) is 5.75 Å². The Morgan fingerprint density at radius 3 is 2.47 bits per heavy atom. The van der Waals surface area contributed by atoms with E-state index in [0.29, 0.717) is 5.92 Å². The highest BCUT2D eigenvalue weighted by molar-refractivity contribution is 5.50. The summed E-state index contributed by atoms with van der Waals surface area (Å²) in [6.07, 6.45) is 3.15. The molecule has 0 heterocycles. The molecule has 1 aromatic carbocycles. The molecular weight excluding hydrogens is 212 g/mol. The van der Waals surface area contributed by atoms with Crippen LogP contribution in [0.4, 0.5) is 5.69 Å². The average Bonchev–Trinajstić information content (AvgIpc) is 3.21. The lowest BCUT2D eigenvalue weighted by Gasteiger charge is -2.27. The normalized spacial score (nSPS) is 17.9. The molecule has 90 valence electrons. The Labute approximate surface area is 102 Å². The minimum Gasteiger partial charge on any atom is -0.497 e. The summed E-state index contributed by atoms with van der Waals surface area (Å²) < 4.78 is 5.12. The van der Waals surface area contributed by atoms with Gasteiger partial charge in [0.2, 0.25) is 0 Å². The molecule has 0 aliphatic heterocycles. The van der Waals surface area contributed by atoms with Gasteiger partial charge in [-0.1, -0.05) is 6.92 Å². The molecular formula is C14H18N2O. The quantitative estimate of drug-likeness (QED) is 0.844. The first-order chi connectivity index (χ1) is 8.24. The maximum absolute atomic E-state index is 9.41. The zero-order valence-corrected chi connectivity index (χ0v) is 10.4. The molecule has 1 aliphatic carbocycles. The number of nitrogens with zero attached hydrogens (tertiary/aromatic N) is 1. The fourth-order valence-corrected chi connectivity index (χ4v) is 2.19. The number of ether oxygens (including phenoxy) is 1. The van der Waals surface area contributed by atoms with Crippen molar-refractivity contribution in [2.24, 2.45) is 5.92 Å². The smallest absolute Gasteiger partial charge is 0.127 e. The number of hydrogen-bond donors (Lipinski definition) is 1. The van der Waals surface area contributed by atoms with Crippen LogP contribution < -0.4 is 10.1 Å². The van der Waals surface area contributed by atoms with Crippen LogP contribution in [-0.4, -0.2) is 12.6 Å². The van der Waals surface area contributed by atoms with Crippen molar-refractivity contribution < 1.29 is 4.74 Å². The molecule has 0 saturated heterocycles. The van der Waals surface area contributed by atoms with Gasteiger partial charge in [-0.15, -0.1) is 0 Å². The van der Waals surface area contributed by atoms with Gasteiger partial charge in [-0.25, -0.2) is 0 Å². The molecule has 1 N–H and O–H groups in total. The molecule has 17 heavy (non-hydrogen) atoms. The Hall–Kier alpha value is -1.69. The van der Waals surface area contributed by atoms with Crippen molar-refractivity contribution in [1.82, 2.24) is 0 Å². The van der Waals surface area contributed by atoms with E-state index < -0.39 is 5.54 Å². The van der Waals surface area contributed by atoms with Gasteiger partial charge in [0.15, 0.2) is 0 Å². The van der Waals surface area contributed by atoms with Gasteiger partial charge in [-0.2, -0.15) is 5.26 Å². The van der Waals surface area contributed by atoms with Crippen molar-refractivity contribution in [1.29, 1.82) is 5.26 Å². The third-order valence-corrected chi connectivity index (χ3v) is 3.49. The Morgan fingerprint density at radius 2 is 2.06 bits per heavy atom. The fourth-order valence-electron chi connectivity index (χ4n) is 2.19. The predicted octanol–water partition coefficient (Wildman–Crippen LogP) is 3.19. The summed E-state index contributed by atoms with van der Waals surface area (Å²) in [5.41, 5.74) is 0.593. The van der Waals surface area contributed by atoms with Gasteiger partial charge in [0.05, 0.1) is 13.2 Å². The molecule has 1 atom stereocenters. The summed E-state index contributed by atoms with van der Waals surface area (Å²) in [6, 6.07) is 10.2. The minimum absolute atomic E-state index is 0.394. The molecule has 1 unspecified atom stereocenters. The largest absolute Gasteiger partial charge is 0.497 e. The lowest BCUT2D eigenvalue weighted by atomic mass is 9.91. The second-order valence-electron chi connectivity index (χ2n) is 4.56. The SMILES string of the molecule is CCC(C#N)(Nc1ccc(OC)cc1)C1CC1. The van der Waals surface area contributed by atoms with Gasteiger partial charge in [0.25, 0.3) is 0 Å². The van der Waals surface area contributed by atoms with Crippen molar-refractivity contribution in [2.75, 3.05) is 12.4 Å². The Balaban J connectivity index is 2.14. The maximum atomic E-state index is 9.41. The van der Waals surface area contributed by atoms with Gasteiger partial charge in [-0.3, -0.25) is 0 Å². The van der Waals surface area contributed by atoms with Gasteiger partial charge in [0.1, 0.15) is 11.3 Å². The molecule has 0 spiro atoms. The third kappa shape index (κ3) is 2.36. The van der Waals surface area contributed by atoms with Crippen LogP contribution in [0.3, 0.4) is 0 Å². The van der Waals surface area contributed by atoms with Crippen LogP contribution in [0.15, 0.2) is 24.3 Å². The maximum Gasteiger partial charge on any atom is 0.127 e. The first-order valence-electron chi connectivity index (χ1n) is 6.07. The molecule has 1 aromatic rings. The highest BCUT2D eigenvalue weighted by Crippen LogP contribution is 2.43. The van der Waals surface area contributed by atoms with Crippen LogP contribution in [0, 0.1) is 17.2 Å². The molecule has 0 radical (unpaired) electrons. The van der Waals surface area contributed by atoms with Gasteiger partial charge in [-0.05, 0) is 49.4 Å². The first-order valence-corrected chi connectivity index (χ1v) is 6.07. The van der Waals surface area contributed by atoms with E-state index >= 15 is 0 Å². The Bertz CT molecular complexity index is 417. The van der Waals surface area contributed by atoms with Gasteiger partial charge in [0, 0.05) is 5.69 Å². The van der Waals surface area contributed by atoms with Crippen LogP contribution >= 0.6 is 0 Å². The summed E-state index contributed by atoms with van der Waals surface area (Å²) in [5.74, 6) is 1.33. The molecule has 0 aromatic heterocycles. The van der Waals surface area contributed by atoms with Crippen molar-refractivity contribution in [3.8, 4) is 11.8 Å². The molecule has 3 heteroatoms. The Morgan fingerprint density at radius 1 is 1.41 bits per heavy atom. The van der Waals surface area contributed by atoms with Crippen LogP contribution in [-0.2, 0) is 0 Å². The van der Waals surface area contributed by atoms with Crippen LogP contribution in [0.1, 0.15) is 26.2 Å². The second kappa shape index (κ2) is 4.67. The molecule has 1 fully saturated rings. The standard InChI is InChI=1S/C14H18N2O/c1-3-14(10-15,11-4-5-11)16-12-6-8-13(17-2)9-7-12/h6-9,11,16H,3-5H2,1-2H3. The van der Waals surface area contributed by atoms with E-state index in [1.807, 2.05) is 24.3 Å². The summed E-state index contributed by atoms with van der Waals surface area (Å²) >= 11 is 0. The lowest BCUT2D eigenvalue weighted by Crippen LogP contribution is -2.38. The number of anilines is 1. The fraction of sp³-hybridized carbons (Fsp3) is 0.500. The molecule has 1 saturated carbocycles. The number of rotatable bonds is 5. The Kier molecular flexibility index (Phi) is 3.23.